The fraction of sp³-hybridized carbons (Fsp3) is 0.435. The Labute approximate surface area is 171 Å². The summed E-state index contributed by atoms with van der Waals surface area (Å²) < 4.78 is 1.77. The van der Waals surface area contributed by atoms with Gasteiger partial charge in [0.1, 0.15) is 0 Å². The van der Waals surface area contributed by atoms with E-state index in [1.165, 1.54) is 23.8 Å². The number of hydrogen-bond donors (Lipinski definition) is 1. The van der Waals surface area contributed by atoms with Crippen molar-refractivity contribution in [1.82, 2.24) is 19.7 Å². The summed E-state index contributed by atoms with van der Waals surface area (Å²) in [5.41, 5.74) is 6.29. The summed E-state index contributed by atoms with van der Waals surface area (Å²) in [5, 5.41) is 14.9. The summed E-state index contributed by atoms with van der Waals surface area (Å²) in [6, 6.07) is 8.53. The molecule has 1 aromatic carbocycles. The Hall–Kier alpha value is -2.73. The molecule has 2 heterocycles. The summed E-state index contributed by atoms with van der Waals surface area (Å²) >= 11 is 0. The van der Waals surface area contributed by atoms with Crippen LogP contribution in [0.2, 0.25) is 0 Å². The summed E-state index contributed by atoms with van der Waals surface area (Å²) in [6.45, 7) is 2.51. The van der Waals surface area contributed by atoms with Crippen molar-refractivity contribution in [3.05, 3.63) is 47.3 Å². The molecule has 6 nitrogen and oxygen atoms in total. The summed E-state index contributed by atoms with van der Waals surface area (Å²) in [7, 11) is 3.58. The predicted molar refractivity (Wildman–Crippen MR) is 114 cm³/mol. The van der Waals surface area contributed by atoms with Crippen LogP contribution >= 0.6 is 0 Å². The highest BCUT2D eigenvalue weighted by Gasteiger charge is 2.27. The van der Waals surface area contributed by atoms with E-state index in [4.69, 9.17) is 4.98 Å². The standard InChI is InChI=1S/C23H28N4O2/c1-15-20(14-27(25-15)11-12-28)21-13-19(16-7-8-16)18-6-4-5-17(23(18)24-21)9-10-22(29)26(2)3/h4-6,13-14,16,28H,7-12H2,1-3H3. The van der Waals surface area contributed by atoms with Gasteiger partial charge in [0.25, 0.3) is 0 Å². The van der Waals surface area contributed by atoms with Crippen molar-refractivity contribution in [2.45, 2.75) is 45.1 Å². The second-order valence-electron chi connectivity index (χ2n) is 8.09. The van der Waals surface area contributed by atoms with Crippen LogP contribution in [0.25, 0.3) is 22.2 Å². The Morgan fingerprint density at radius 2 is 2.10 bits per heavy atom. The van der Waals surface area contributed by atoms with Gasteiger partial charge in [-0.2, -0.15) is 5.10 Å². The lowest BCUT2D eigenvalue weighted by Gasteiger charge is -2.14. The number of pyridine rings is 1. The minimum atomic E-state index is 0.0586. The highest BCUT2D eigenvalue weighted by molar-refractivity contribution is 5.89. The molecule has 0 aliphatic heterocycles. The number of hydrogen-bond acceptors (Lipinski definition) is 4. The topological polar surface area (TPSA) is 71.2 Å². The summed E-state index contributed by atoms with van der Waals surface area (Å²) in [6.07, 6.45) is 5.55. The molecule has 1 fully saturated rings. The molecule has 29 heavy (non-hydrogen) atoms. The van der Waals surface area contributed by atoms with Gasteiger partial charge in [0, 0.05) is 37.7 Å². The first-order valence-corrected chi connectivity index (χ1v) is 10.3. The van der Waals surface area contributed by atoms with Gasteiger partial charge in [-0.1, -0.05) is 18.2 Å². The molecule has 3 aromatic rings. The van der Waals surface area contributed by atoms with Gasteiger partial charge in [0.05, 0.1) is 30.1 Å². The molecular weight excluding hydrogens is 364 g/mol. The van der Waals surface area contributed by atoms with Gasteiger partial charge in [-0.05, 0) is 49.3 Å². The van der Waals surface area contributed by atoms with Gasteiger partial charge in [0.15, 0.2) is 0 Å². The Morgan fingerprint density at radius 3 is 2.79 bits per heavy atom. The van der Waals surface area contributed by atoms with Crippen LogP contribution < -0.4 is 0 Å². The fourth-order valence-electron chi connectivity index (χ4n) is 3.86. The van der Waals surface area contributed by atoms with Crippen molar-refractivity contribution >= 4 is 16.8 Å². The minimum absolute atomic E-state index is 0.0586. The number of benzene rings is 1. The Balaban J connectivity index is 1.80. The molecule has 1 saturated carbocycles. The number of nitrogens with zero attached hydrogens (tertiary/aromatic N) is 4. The normalized spacial score (nSPS) is 13.8. The van der Waals surface area contributed by atoms with Gasteiger partial charge in [-0.15, -0.1) is 0 Å². The zero-order valence-corrected chi connectivity index (χ0v) is 17.4. The third-order valence-corrected chi connectivity index (χ3v) is 5.63. The zero-order chi connectivity index (χ0) is 20.5. The van der Waals surface area contributed by atoms with Crippen LogP contribution in [-0.4, -0.2) is 51.4 Å². The molecule has 1 amide bonds. The third kappa shape index (κ3) is 4.03. The van der Waals surface area contributed by atoms with Crippen molar-refractivity contribution < 1.29 is 9.90 Å². The fourth-order valence-corrected chi connectivity index (χ4v) is 3.86. The number of para-hydroxylation sites is 1. The van der Waals surface area contributed by atoms with Gasteiger partial charge in [0.2, 0.25) is 5.91 Å². The molecule has 2 aromatic heterocycles. The van der Waals surface area contributed by atoms with E-state index in [0.29, 0.717) is 25.3 Å². The lowest BCUT2D eigenvalue weighted by atomic mass is 9.97. The van der Waals surface area contributed by atoms with Crippen molar-refractivity contribution in [1.29, 1.82) is 0 Å². The first kappa shape index (κ1) is 19.6. The maximum atomic E-state index is 12.1. The minimum Gasteiger partial charge on any atom is -0.394 e. The van der Waals surface area contributed by atoms with Crippen LogP contribution in [0.3, 0.4) is 0 Å². The molecule has 6 heteroatoms. The zero-order valence-electron chi connectivity index (χ0n) is 17.4. The van der Waals surface area contributed by atoms with E-state index in [-0.39, 0.29) is 12.5 Å². The van der Waals surface area contributed by atoms with Crippen LogP contribution in [0.5, 0.6) is 0 Å². The summed E-state index contributed by atoms with van der Waals surface area (Å²) in [4.78, 5) is 18.8. The quantitative estimate of drug-likeness (QED) is 0.670. The number of aliphatic hydroxyl groups is 1. The highest BCUT2D eigenvalue weighted by atomic mass is 16.3. The van der Waals surface area contributed by atoms with Gasteiger partial charge >= 0.3 is 0 Å². The molecule has 0 unspecified atom stereocenters. The Morgan fingerprint density at radius 1 is 1.31 bits per heavy atom. The number of carbonyl (C=O) groups is 1. The molecule has 4 rings (SSSR count). The van der Waals surface area contributed by atoms with E-state index < -0.39 is 0 Å². The van der Waals surface area contributed by atoms with Crippen LogP contribution in [-0.2, 0) is 17.8 Å². The maximum absolute atomic E-state index is 12.1. The summed E-state index contributed by atoms with van der Waals surface area (Å²) in [5.74, 6) is 0.715. The molecule has 1 aliphatic rings. The van der Waals surface area contributed by atoms with Crippen LogP contribution in [0.15, 0.2) is 30.5 Å². The van der Waals surface area contributed by atoms with Crippen LogP contribution in [0.1, 0.15) is 42.0 Å². The van der Waals surface area contributed by atoms with E-state index in [9.17, 15) is 9.90 Å². The number of amides is 1. The van der Waals surface area contributed by atoms with E-state index in [1.54, 1.807) is 23.7 Å². The Bertz CT molecular complexity index is 1050. The highest BCUT2D eigenvalue weighted by Crippen LogP contribution is 2.44. The molecule has 0 spiro atoms. The molecular formula is C23H28N4O2. The maximum Gasteiger partial charge on any atom is 0.222 e. The van der Waals surface area contributed by atoms with Crippen molar-refractivity contribution in [2.75, 3.05) is 20.7 Å². The number of aliphatic hydroxyl groups excluding tert-OH is 1. The smallest absolute Gasteiger partial charge is 0.222 e. The molecule has 152 valence electrons. The SMILES string of the molecule is Cc1nn(CCO)cc1-c1cc(C2CC2)c2cccc(CCC(=O)N(C)C)c2n1. The second kappa shape index (κ2) is 7.95. The number of aromatic nitrogens is 3. The van der Waals surface area contributed by atoms with Crippen molar-refractivity contribution in [2.24, 2.45) is 0 Å². The van der Waals surface area contributed by atoms with E-state index in [1.807, 2.05) is 13.1 Å². The number of carbonyl (C=O) groups excluding carboxylic acids is 1. The predicted octanol–water partition coefficient (Wildman–Crippen LogP) is 3.30. The third-order valence-electron chi connectivity index (χ3n) is 5.63. The molecule has 1 N–H and O–H groups in total. The van der Waals surface area contributed by atoms with Gasteiger partial charge in [-0.25, -0.2) is 4.98 Å². The second-order valence-corrected chi connectivity index (χ2v) is 8.09. The van der Waals surface area contributed by atoms with E-state index >= 15 is 0 Å². The lowest BCUT2D eigenvalue weighted by Crippen LogP contribution is -2.21. The van der Waals surface area contributed by atoms with Gasteiger partial charge in [-0.3, -0.25) is 9.48 Å². The molecule has 0 radical (unpaired) electrons. The molecule has 0 bridgehead atoms. The molecule has 0 saturated heterocycles. The first-order chi connectivity index (χ1) is 14.0. The monoisotopic (exact) mass is 392 g/mol. The number of fused-ring (bicyclic) bond motifs is 1. The van der Waals surface area contributed by atoms with Gasteiger partial charge < -0.3 is 10.0 Å². The molecule has 0 atom stereocenters. The van der Waals surface area contributed by atoms with E-state index in [0.717, 1.165) is 28.0 Å². The van der Waals surface area contributed by atoms with Crippen molar-refractivity contribution in [3.63, 3.8) is 0 Å². The lowest BCUT2D eigenvalue weighted by molar-refractivity contribution is -0.128. The van der Waals surface area contributed by atoms with E-state index in [2.05, 4.69) is 29.4 Å². The first-order valence-electron chi connectivity index (χ1n) is 10.3. The van der Waals surface area contributed by atoms with Crippen LogP contribution in [0.4, 0.5) is 0 Å². The average Bonchev–Trinajstić information content (AvgIpc) is 3.48. The average molecular weight is 393 g/mol. The largest absolute Gasteiger partial charge is 0.394 e. The van der Waals surface area contributed by atoms with Crippen LogP contribution in [0, 0.1) is 6.92 Å². The Kier molecular flexibility index (Phi) is 5.37. The molecule has 1 aliphatic carbocycles. The number of rotatable bonds is 7. The van der Waals surface area contributed by atoms with Crippen molar-refractivity contribution in [3.8, 4) is 11.3 Å². The number of aryl methyl sites for hydroxylation is 2.